The molecule has 0 atom stereocenters. The summed E-state index contributed by atoms with van der Waals surface area (Å²) in [7, 11) is 3.21. The first kappa shape index (κ1) is 19.2. The second-order valence-electron chi connectivity index (χ2n) is 5.84. The van der Waals surface area contributed by atoms with E-state index in [9.17, 15) is 0 Å². The number of nitrogens with one attached hydrogen (secondary N) is 1. The molecule has 8 nitrogen and oxygen atoms in total. The molecule has 0 aliphatic carbocycles. The Labute approximate surface area is 175 Å². The maximum Gasteiger partial charge on any atom is 0.284 e. The number of nitrogens with zero attached hydrogens (tertiary/aromatic N) is 4. The van der Waals surface area contributed by atoms with Crippen LogP contribution in [0.3, 0.4) is 0 Å². The minimum absolute atomic E-state index is 0.246. The molecule has 4 aromatic rings. The van der Waals surface area contributed by atoms with E-state index in [4.69, 9.17) is 26.1 Å². The molecule has 148 valence electrons. The first-order valence-corrected chi connectivity index (χ1v) is 9.99. The summed E-state index contributed by atoms with van der Waals surface area (Å²) in [5, 5.41) is 16.2. The molecule has 0 fully saturated rings. The summed E-state index contributed by atoms with van der Waals surface area (Å²) in [5.74, 6) is 2.91. The van der Waals surface area contributed by atoms with E-state index in [1.807, 2.05) is 53.1 Å². The van der Waals surface area contributed by atoms with Gasteiger partial charge in [0.1, 0.15) is 0 Å². The van der Waals surface area contributed by atoms with Crippen molar-refractivity contribution in [3.05, 3.63) is 59.3 Å². The summed E-state index contributed by atoms with van der Waals surface area (Å²) in [6.45, 7) is 0. The van der Waals surface area contributed by atoms with E-state index in [-0.39, 0.29) is 4.84 Å². The molecule has 0 saturated heterocycles. The molecular weight excluding hydrogens is 410 g/mol. The van der Waals surface area contributed by atoms with Crippen LogP contribution in [0.4, 0.5) is 0 Å². The van der Waals surface area contributed by atoms with Gasteiger partial charge in [0.05, 0.1) is 20.0 Å². The van der Waals surface area contributed by atoms with Gasteiger partial charge < -0.3 is 13.9 Å². The van der Waals surface area contributed by atoms with Crippen LogP contribution in [0.5, 0.6) is 11.5 Å². The third-order valence-corrected chi connectivity index (χ3v) is 5.18. The smallest absolute Gasteiger partial charge is 0.284 e. The molecule has 2 aromatic carbocycles. The summed E-state index contributed by atoms with van der Waals surface area (Å²) >= 11 is 6.38. The SMILES string of the molecule is COc1ccc(-c2nnc(SCc3n[nH]c(=S)o3)n2-c2ccccc2)cc1OC. The molecule has 0 aliphatic heterocycles. The van der Waals surface area contributed by atoms with E-state index >= 15 is 0 Å². The van der Waals surface area contributed by atoms with Crippen LogP contribution in [0.2, 0.25) is 0 Å². The van der Waals surface area contributed by atoms with Crippen LogP contribution in [0, 0.1) is 4.84 Å². The minimum atomic E-state index is 0.246. The quantitative estimate of drug-likeness (QED) is 0.345. The molecule has 0 bridgehead atoms. The summed E-state index contributed by atoms with van der Waals surface area (Å²) < 4.78 is 18.1. The van der Waals surface area contributed by atoms with Crippen LogP contribution in [0.25, 0.3) is 17.1 Å². The van der Waals surface area contributed by atoms with Gasteiger partial charge in [-0.15, -0.1) is 15.3 Å². The van der Waals surface area contributed by atoms with Gasteiger partial charge in [0.2, 0.25) is 5.89 Å². The highest BCUT2D eigenvalue weighted by atomic mass is 32.2. The molecule has 0 spiro atoms. The standard InChI is InChI=1S/C19H17N5O3S2/c1-25-14-9-8-12(10-15(14)26-2)17-21-22-18(24(17)13-6-4-3-5-7-13)29-11-16-20-23-19(28)27-16/h3-10H,11H2,1-2H3,(H,23,28). The lowest BCUT2D eigenvalue weighted by Crippen LogP contribution is -2.00. The fourth-order valence-electron chi connectivity index (χ4n) is 2.78. The number of rotatable bonds is 7. The number of methoxy groups -OCH3 is 2. The fraction of sp³-hybridized carbons (Fsp3) is 0.158. The molecule has 0 amide bonds. The van der Waals surface area contributed by atoms with Gasteiger partial charge >= 0.3 is 0 Å². The summed E-state index contributed by atoms with van der Waals surface area (Å²) in [5.41, 5.74) is 1.79. The van der Waals surface area contributed by atoms with Crippen LogP contribution >= 0.6 is 24.0 Å². The van der Waals surface area contributed by atoms with Gasteiger partial charge in [-0.05, 0) is 42.5 Å². The van der Waals surface area contributed by atoms with Crippen LogP contribution in [0.15, 0.2) is 58.1 Å². The zero-order valence-electron chi connectivity index (χ0n) is 15.7. The van der Waals surface area contributed by atoms with Crippen molar-refractivity contribution < 1.29 is 13.9 Å². The number of thioether (sulfide) groups is 1. The first-order valence-electron chi connectivity index (χ1n) is 8.60. The topological polar surface area (TPSA) is 91.0 Å². The molecular formula is C19H17N5O3S2. The number of para-hydroxylation sites is 1. The predicted molar refractivity (Wildman–Crippen MR) is 111 cm³/mol. The predicted octanol–water partition coefficient (Wildman–Crippen LogP) is 4.29. The Balaban J connectivity index is 1.76. The molecule has 1 N–H and O–H groups in total. The summed E-state index contributed by atoms with van der Waals surface area (Å²) in [6, 6.07) is 15.5. The molecule has 4 rings (SSSR count). The lowest BCUT2D eigenvalue weighted by molar-refractivity contribution is 0.355. The fourth-order valence-corrected chi connectivity index (χ4v) is 3.72. The Bertz CT molecular complexity index is 1170. The average molecular weight is 428 g/mol. The van der Waals surface area contributed by atoms with Crippen LogP contribution in [0.1, 0.15) is 5.89 Å². The van der Waals surface area contributed by atoms with Crippen molar-refractivity contribution in [3.8, 4) is 28.6 Å². The Hall–Kier alpha value is -3.11. The maximum absolute atomic E-state index is 5.44. The average Bonchev–Trinajstić information content (AvgIpc) is 3.38. The molecule has 2 heterocycles. The molecule has 0 unspecified atom stereocenters. The van der Waals surface area contributed by atoms with Gasteiger partial charge in [-0.1, -0.05) is 30.0 Å². The van der Waals surface area contributed by atoms with E-state index < -0.39 is 0 Å². The van der Waals surface area contributed by atoms with E-state index in [1.165, 1.54) is 11.8 Å². The van der Waals surface area contributed by atoms with Gasteiger partial charge in [-0.3, -0.25) is 4.57 Å². The number of aromatic amines is 1. The monoisotopic (exact) mass is 427 g/mol. The Kier molecular flexibility index (Phi) is 5.63. The highest BCUT2D eigenvalue weighted by molar-refractivity contribution is 7.98. The van der Waals surface area contributed by atoms with Crippen molar-refractivity contribution in [2.45, 2.75) is 10.9 Å². The van der Waals surface area contributed by atoms with Gasteiger partial charge in [0.25, 0.3) is 4.84 Å². The third-order valence-electron chi connectivity index (χ3n) is 4.10. The molecule has 29 heavy (non-hydrogen) atoms. The molecule has 0 saturated carbocycles. The number of aromatic nitrogens is 5. The van der Waals surface area contributed by atoms with E-state index in [0.717, 1.165) is 11.3 Å². The Morgan fingerprint density at radius 1 is 1.07 bits per heavy atom. The highest BCUT2D eigenvalue weighted by Gasteiger charge is 2.18. The lowest BCUT2D eigenvalue weighted by atomic mass is 10.2. The zero-order chi connectivity index (χ0) is 20.2. The van der Waals surface area contributed by atoms with Crippen molar-refractivity contribution in [1.29, 1.82) is 0 Å². The van der Waals surface area contributed by atoms with Crippen LogP contribution < -0.4 is 9.47 Å². The zero-order valence-corrected chi connectivity index (χ0v) is 17.3. The Morgan fingerprint density at radius 2 is 1.86 bits per heavy atom. The third kappa shape index (κ3) is 4.03. The Morgan fingerprint density at radius 3 is 2.55 bits per heavy atom. The lowest BCUT2D eigenvalue weighted by Gasteiger charge is -2.12. The van der Waals surface area contributed by atoms with Crippen molar-refractivity contribution in [1.82, 2.24) is 25.0 Å². The number of benzene rings is 2. The second-order valence-corrected chi connectivity index (χ2v) is 7.16. The normalized spacial score (nSPS) is 10.8. The molecule has 10 heteroatoms. The van der Waals surface area contributed by atoms with Gasteiger partial charge in [-0.2, -0.15) is 0 Å². The molecule has 0 aliphatic rings. The van der Waals surface area contributed by atoms with Crippen LogP contribution in [-0.4, -0.2) is 39.2 Å². The van der Waals surface area contributed by atoms with Gasteiger partial charge in [0.15, 0.2) is 22.5 Å². The maximum atomic E-state index is 5.44. The van der Waals surface area contributed by atoms with E-state index in [2.05, 4.69) is 20.4 Å². The van der Waals surface area contributed by atoms with Crippen molar-refractivity contribution in [2.24, 2.45) is 0 Å². The van der Waals surface area contributed by atoms with Gasteiger partial charge in [-0.25, -0.2) is 5.10 Å². The number of hydrogen-bond acceptors (Lipinski definition) is 8. The minimum Gasteiger partial charge on any atom is -0.493 e. The van der Waals surface area contributed by atoms with E-state index in [1.54, 1.807) is 14.2 Å². The van der Waals surface area contributed by atoms with Crippen molar-refractivity contribution >= 4 is 24.0 Å². The number of H-pyrrole nitrogens is 1. The summed E-state index contributed by atoms with van der Waals surface area (Å²) in [6.07, 6.45) is 0. The first-order chi connectivity index (χ1) is 14.2. The molecule has 2 aromatic heterocycles. The largest absolute Gasteiger partial charge is 0.493 e. The van der Waals surface area contributed by atoms with Crippen molar-refractivity contribution in [2.75, 3.05) is 14.2 Å². The number of hydrogen-bond donors (Lipinski definition) is 1. The molecule has 0 radical (unpaired) electrons. The van der Waals surface area contributed by atoms with Gasteiger partial charge in [0, 0.05) is 11.3 Å². The van der Waals surface area contributed by atoms with Crippen LogP contribution in [-0.2, 0) is 5.75 Å². The number of ether oxygens (including phenoxy) is 2. The van der Waals surface area contributed by atoms with Crippen molar-refractivity contribution in [3.63, 3.8) is 0 Å². The summed E-state index contributed by atoms with van der Waals surface area (Å²) in [4.78, 5) is 0.246. The van der Waals surface area contributed by atoms with E-state index in [0.29, 0.717) is 34.1 Å². The second kappa shape index (κ2) is 8.50. The highest BCUT2D eigenvalue weighted by Crippen LogP contribution is 2.34.